The molecule has 2 rings (SSSR count). The van der Waals surface area contributed by atoms with Gasteiger partial charge in [0.05, 0.1) is 13.7 Å². The lowest BCUT2D eigenvalue weighted by atomic mass is 10.2. The second-order valence-corrected chi connectivity index (χ2v) is 4.63. The first-order valence-electron chi connectivity index (χ1n) is 7.23. The fourth-order valence-corrected chi connectivity index (χ4v) is 2.04. The van der Waals surface area contributed by atoms with Gasteiger partial charge >= 0.3 is 0 Å². The summed E-state index contributed by atoms with van der Waals surface area (Å²) in [5, 5.41) is 2.87. The molecule has 0 unspecified atom stereocenters. The first-order valence-corrected chi connectivity index (χ1v) is 7.23. The van der Waals surface area contributed by atoms with Gasteiger partial charge in [-0.3, -0.25) is 9.78 Å². The fraction of sp³-hybridized carbons (Fsp3) is 0.294. The Bertz CT molecular complexity index is 615. The van der Waals surface area contributed by atoms with Gasteiger partial charge < -0.3 is 14.8 Å². The maximum Gasteiger partial charge on any atom is 0.251 e. The third-order valence-corrected chi connectivity index (χ3v) is 3.12. The zero-order chi connectivity index (χ0) is 15.8. The molecule has 0 aliphatic heterocycles. The molecule has 1 aromatic carbocycles. The van der Waals surface area contributed by atoms with Crippen LogP contribution in [-0.4, -0.2) is 31.2 Å². The molecular formula is C17H20N2O3. The molecule has 116 valence electrons. The van der Waals surface area contributed by atoms with Crippen LogP contribution in [0.15, 0.2) is 42.6 Å². The van der Waals surface area contributed by atoms with E-state index in [0.717, 1.165) is 5.69 Å². The highest BCUT2D eigenvalue weighted by Crippen LogP contribution is 2.27. The van der Waals surface area contributed by atoms with Crippen molar-refractivity contribution < 1.29 is 14.3 Å². The van der Waals surface area contributed by atoms with Gasteiger partial charge in [-0.15, -0.1) is 0 Å². The first kappa shape index (κ1) is 15.8. The average Bonchev–Trinajstić information content (AvgIpc) is 2.56. The number of nitrogens with one attached hydrogen (secondary N) is 1. The summed E-state index contributed by atoms with van der Waals surface area (Å²) in [7, 11) is 1.56. The van der Waals surface area contributed by atoms with Crippen LogP contribution in [0.4, 0.5) is 0 Å². The Hall–Kier alpha value is -2.56. The summed E-state index contributed by atoms with van der Waals surface area (Å²) < 4.78 is 10.7. The Balaban J connectivity index is 1.94. The summed E-state index contributed by atoms with van der Waals surface area (Å²) >= 11 is 0. The van der Waals surface area contributed by atoms with Crippen molar-refractivity contribution in [3.05, 3.63) is 53.9 Å². The van der Waals surface area contributed by atoms with Crippen molar-refractivity contribution in [2.75, 3.05) is 20.3 Å². The highest BCUT2D eigenvalue weighted by Gasteiger charge is 2.10. The minimum absolute atomic E-state index is 0.141. The predicted molar refractivity (Wildman–Crippen MR) is 84.4 cm³/mol. The zero-order valence-electron chi connectivity index (χ0n) is 12.8. The summed E-state index contributed by atoms with van der Waals surface area (Å²) in [6, 6.07) is 10.9. The van der Waals surface area contributed by atoms with Crippen LogP contribution in [0.5, 0.6) is 11.5 Å². The molecular weight excluding hydrogens is 280 g/mol. The Labute approximate surface area is 130 Å². The largest absolute Gasteiger partial charge is 0.493 e. The van der Waals surface area contributed by atoms with E-state index in [4.69, 9.17) is 9.47 Å². The third-order valence-electron chi connectivity index (χ3n) is 3.12. The summed E-state index contributed by atoms with van der Waals surface area (Å²) in [4.78, 5) is 16.4. The number of benzene rings is 1. The van der Waals surface area contributed by atoms with Gasteiger partial charge in [-0.05, 0) is 37.3 Å². The van der Waals surface area contributed by atoms with Crippen LogP contribution >= 0.6 is 0 Å². The summed E-state index contributed by atoms with van der Waals surface area (Å²) in [5.74, 6) is 1.05. The van der Waals surface area contributed by atoms with Gasteiger partial charge in [0.15, 0.2) is 11.5 Å². The van der Waals surface area contributed by atoms with E-state index in [9.17, 15) is 4.79 Å². The second kappa shape index (κ2) is 8.02. The molecule has 0 radical (unpaired) electrons. The molecule has 0 bridgehead atoms. The number of ether oxygens (including phenoxy) is 2. The van der Waals surface area contributed by atoms with E-state index in [0.29, 0.717) is 36.6 Å². The quantitative estimate of drug-likeness (QED) is 0.853. The van der Waals surface area contributed by atoms with E-state index in [1.165, 1.54) is 0 Å². The second-order valence-electron chi connectivity index (χ2n) is 4.63. The van der Waals surface area contributed by atoms with Gasteiger partial charge in [0.25, 0.3) is 5.91 Å². The van der Waals surface area contributed by atoms with Gasteiger partial charge in [-0.25, -0.2) is 0 Å². The first-order chi connectivity index (χ1) is 10.7. The smallest absolute Gasteiger partial charge is 0.251 e. The normalized spacial score (nSPS) is 10.1. The van der Waals surface area contributed by atoms with Crippen molar-refractivity contribution in [3.8, 4) is 11.5 Å². The zero-order valence-corrected chi connectivity index (χ0v) is 12.8. The van der Waals surface area contributed by atoms with Crippen molar-refractivity contribution in [2.45, 2.75) is 13.3 Å². The number of methoxy groups -OCH3 is 1. The van der Waals surface area contributed by atoms with Crippen LogP contribution in [-0.2, 0) is 6.42 Å². The molecule has 0 aliphatic rings. The molecule has 0 saturated heterocycles. The number of nitrogens with zero attached hydrogens (tertiary/aromatic N) is 1. The number of rotatable bonds is 7. The maximum atomic E-state index is 12.1. The Morgan fingerprint density at radius 2 is 2.09 bits per heavy atom. The molecule has 5 heteroatoms. The van der Waals surface area contributed by atoms with Crippen molar-refractivity contribution in [1.82, 2.24) is 10.3 Å². The summed E-state index contributed by atoms with van der Waals surface area (Å²) in [6.45, 7) is 2.98. The van der Waals surface area contributed by atoms with E-state index in [1.807, 2.05) is 25.1 Å². The van der Waals surface area contributed by atoms with E-state index in [1.54, 1.807) is 31.5 Å². The standard InChI is InChI=1S/C17H20N2O3/c1-3-22-15-8-7-13(12-16(15)21-2)17(20)19-11-9-14-6-4-5-10-18-14/h4-8,10,12H,3,9,11H2,1-2H3,(H,19,20). The lowest BCUT2D eigenvalue weighted by Gasteiger charge is -2.11. The Morgan fingerprint density at radius 3 is 2.77 bits per heavy atom. The van der Waals surface area contributed by atoms with E-state index < -0.39 is 0 Å². The average molecular weight is 300 g/mol. The Kier molecular flexibility index (Phi) is 5.77. The van der Waals surface area contributed by atoms with Gasteiger partial charge in [0.1, 0.15) is 0 Å². The predicted octanol–water partition coefficient (Wildman–Crippen LogP) is 2.46. The number of carbonyl (C=O) groups is 1. The van der Waals surface area contributed by atoms with Gasteiger partial charge in [-0.2, -0.15) is 0 Å². The van der Waals surface area contributed by atoms with E-state index >= 15 is 0 Å². The fourth-order valence-electron chi connectivity index (χ4n) is 2.04. The molecule has 1 N–H and O–H groups in total. The highest BCUT2D eigenvalue weighted by atomic mass is 16.5. The summed E-state index contributed by atoms with van der Waals surface area (Å²) in [6.07, 6.45) is 2.44. The van der Waals surface area contributed by atoms with Gasteiger partial charge in [0, 0.05) is 30.4 Å². The number of pyridine rings is 1. The molecule has 0 aliphatic carbocycles. The van der Waals surface area contributed by atoms with Crippen LogP contribution in [0.2, 0.25) is 0 Å². The molecule has 22 heavy (non-hydrogen) atoms. The molecule has 0 saturated carbocycles. The molecule has 1 heterocycles. The van der Waals surface area contributed by atoms with E-state index in [2.05, 4.69) is 10.3 Å². The SMILES string of the molecule is CCOc1ccc(C(=O)NCCc2ccccn2)cc1OC. The topological polar surface area (TPSA) is 60.5 Å². The van der Waals surface area contributed by atoms with Gasteiger partial charge in [0.2, 0.25) is 0 Å². The monoisotopic (exact) mass is 300 g/mol. The molecule has 0 fully saturated rings. The number of carbonyl (C=O) groups excluding carboxylic acids is 1. The van der Waals surface area contributed by atoms with Crippen LogP contribution in [0.3, 0.4) is 0 Å². The van der Waals surface area contributed by atoms with E-state index in [-0.39, 0.29) is 5.91 Å². The number of aromatic nitrogens is 1. The molecule has 0 spiro atoms. The lowest BCUT2D eigenvalue weighted by Crippen LogP contribution is -2.25. The highest BCUT2D eigenvalue weighted by molar-refractivity contribution is 5.94. The van der Waals surface area contributed by atoms with Crippen molar-refractivity contribution in [1.29, 1.82) is 0 Å². The molecule has 2 aromatic rings. The maximum absolute atomic E-state index is 12.1. The van der Waals surface area contributed by atoms with Crippen molar-refractivity contribution >= 4 is 5.91 Å². The minimum atomic E-state index is -0.141. The van der Waals surface area contributed by atoms with Crippen LogP contribution in [0.1, 0.15) is 23.0 Å². The minimum Gasteiger partial charge on any atom is -0.493 e. The number of amides is 1. The Morgan fingerprint density at radius 1 is 1.23 bits per heavy atom. The number of hydrogen-bond donors (Lipinski definition) is 1. The van der Waals surface area contributed by atoms with Crippen molar-refractivity contribution in [3.63, 3.8) is 0 Å². The van der Waals surface area contributed by atoms with Crippen molar-refractivity contribution in [2.24, 2.45) is 0 Å². The van der Waals surface area contributed by atoms with Crippen LogP contribution in [0, 0.1) is 0 Å². The van der Waals surface area contributed by atoms with Crippen LogP contribution < -0.4 is 14.8 Å². The number of hydrogen-bond acceptors (Lipinski definition) is 4. The molecule has 5 nitrogen and oxygen atoms in total. The lowest BCUT2D eigenvalue weighted by molar-refractivity contribution is 0.0953. The third kappa shape index (κ3) is 4.22. The molecule has 0 atom stereocenters. The van der Waals surface area contributed by atoms with Crippen LogP contribution in [0.25, 0.3) is 0 Å². The molecule has 1 amide bonds. The summed E-state index contributed by atoms with van der Waals surface area (Å²) in [5.41, 5.74) is 1.49. The van der Waals surface area contributed by atoms with Gasteiger partial charge in [-0.1, -0.05) is 6.07 Å². The molecule has 1 aromatic heterocycles.